The van der Waals surface area contributed by atoms with Gasteiger partial charge in [0.15, 0.2) is 0 Å². The molecule has 0 aliphatic heterocycles. The lowest BCUT2D eigenvalue weighted by Crippen LogP contribution is -2.40. The molecule has 0 aliphatic rings. The molecule has 4 N–H and O–H groups in total. The van der Waals surface area contributed by atoms with E-state index in [0.29, 0.717) is 0 Å². The monoisotopic (exact) mass is 211 g/mol. The molecule has 0 fully saturated rings. The standard InChI is InChI=1S/C9H9NO5/c11-6-4-2-1-3-5(6)7(12)10-8(13)9(14)15/h1-4,8,11,13H,(H,10,12)(H,14,15). The number of hydrogen-bond donors (Lipinski definition) is 4. The Hall–Kier alpha value is -2.08. The number of aliphatic carboxylic acids is 1. The van der Waals surface area contributed by atoms with E-state index in [-0.39, 0.29) is 11.3 Å². The van der Waals surface area contributed by atoms with Crippen molar-refractivity contribution in [2.75, 3.05) is 0 Å². The number of aromatic hydroxyl groups is 1. The van der Waals surface area contributed by atoms with Crippen molar-refractivity contribution in [3.63, 3.8) is 0 Å². The molecule has 0 saturated carbocycles. The molecule has 0 bridgehead atoms. The highest BCUT2D eigenvalue weighted by Crippen LogP contribution is 2.14. The summed E-state index contributed by atoms with van der Waals surface area (Å²) < 4.78 is 0. The minimum Gasteiger partial charge on any atom is -0.507 e. The number of benzene rings is 1. The largest absolute Gasteiger partial charge is 0.507 e. The van der Waals surface area contributed by atoms with Crippen molar-refractivity contribution in [2.24, 2.45) is 0 Å². The summed E-state index contributed by atoms with van der Waals surface area (Å²) in [5.74, 6) is -2.71. The van der Waals surface area contributed by atoms with Crippen molar-refractivity contribution >= 4 is 11.9 Å². The quantitative estimate of drug-likeness (QED) is 0.505. The number of para-hydroxylation sites is 1. The molecule has 1 amide bonds. The van der Waals surface area contributed by atoms with E-state index in [1.165, 1.54) is 24.3 Å². The van der Waals surface area contributed by atoms with Crippen LogP contribution in [0.25, 0.3) is 0 Å². The number of rotatable bonds is 3. The zero-order chi connectivity index (χ0) is 11.4. The van der Waals surface area contributed by atoms with Crippen LogP contribution in [0.2, 0.25) is 0 Å². The number of phenolic OH excluding ortho intramolecular Hbond substituents is 1. The Kier molecular flexibility index (Phi) is 3.25. The highest BCUT2D eigenvalue weighted by atomic mass is 16.4. The van der Waals surface area contributed by atoms with Gasteiger partial charge in [-0.2, -0.15) is 0 Å². The molecule has 80 valence electrons. The third-order valence-electron chi connectivity index (χ3n) is 1.65. The smallest absolute Gasteiger partial charge is 0.353 e. The van der Waals surface area contributed by atoms with Crippen molar-refractivity contribution in [1.82, 2.24) is 5.32 Å². The summed E-state index contributed by atoms with van der Waals surface area (Å²) in [5, 5.41) is 28.2. The van der Waals surface area contributed by atoms with Gasteiger partial charge in [-0.1, -0.05) is 12.1 Å². The first-order chi connectivity index (χ1) is 7.02. The maximum absolute atomic E-state index is 11.3. The van der Waals surface area contributed by atoms with Crippen LogP contribution in [0.4, 0.5) is 0 Å². The Morgan fingerprint density at radius 2 is 1.87 bits per heavy atom. The third-order valence-corrected chi connectivity index (χ3v) is 1.65. The van der Waals surface area contributed by atoms with E-state index in [9.17, 15) is 14.7 Å². The van der Waals surface area contributed by atoms with Crippen molar-refractivity contribution in [1.29, 1.82) is 0 Å². The molecule has 0 radical (unpaired) electrons. The van der Waals surface area contributed by atoms with Crippen LogP contribution < -0.4 is 5.32 Å². The van der Waals surface area contributed by atoms with Crippen LogP contribution in [0.3, 0.4) is 0 Å². The van der Waals surface area contributed by atoms with Crippen LogP contribution in [0.15, 0.2) is 24.3 Å². The van der Waals surface area contributed by atoms with Crippen molar-refractivity contribution in [3.8, 4) is 5.75 Å². The number of amides is 1. The van der Waals surface area contributed by atoms with Crippen molar-refractivity contribution in [3.05, 3.63) is 29.8 Å². The molecule has 6 nitrogen and oxygen atoms in total. The zero-order valence-corrected chi connectivity index (χ0v) is 7.54. The van der Waals surface area contributed by atoms with Gasteiger partial charge >= 0.3 is 5.97 Å². The second kappa shape index (κ2) is 4.43. The molecular weight excluding hydrogens is 202 g/mol. The summed E-state index contributed by atoms with van der Waals surface area (Å²) in [6, 6.07) is 5.60. The van der Waals surface area contributed by atoms with Gasteiger partial charge in [-0.25, -0.2) is 4.79 Å². The number of hydrogen-bond acceptors (Lipinski definition) is 4. The molecule has 1 rings (SSSR count). The molecule has 6 heteroatoms. The highest BCUT2D eigenvalue weighted by Gasteiger charge is 2.18. The lowest BCUT2D eigenvalue weighted by molar-refractivity contribution is -0.147. The average molecular weight is 211 g/mol. The zero-order valence-electron chi connectivity index (χ0n) is 7.54. The second-order valence-corrected chi connectivity index (χ2v) is 2.73. The van der Waals surface area contributed by atoms with Gasteiger partial charge in [0.25, 0.3) is 5.91 Å². The number of nitrogens with one attached hydrogen (secondary N) is 1. The van der Waals surface area contributed by atoms with E-state index >= 15 is 0 Å². The molecule has 0 spiro atoms. The van der Waals surface area contributed by atoms with Gasteiger partial charge < -0.3 is 20.6 Å². The number of carboxylic acids is 1. The van der Waals surface area contributed by atoms with E-state index in [4.69, 9.17) is 10.2 Å². The van der Waals surface area contributed by atoms with Crippen LogP contribution in [-0.4, -0.2) is 33.4 Å². The number of carbonyl (C=O) groups excluding carboxylic acids is 1. The van der Waals surface area contributed by atoms with Crippen molar-refractivity contribution < 1.29 is 24.9 Å². The Morgan fingerprint density at radius 1 is 1.27 bits per heavy atom. The molecule has 0 saturated heterocycles. The fourth-order valence-electron chi connectivity index (χ4n) is 0.929. The van der Waals surface area contributed by atoms with Crippen LogP contribution >= 0.6 is 0 Å². The van der Waals surface area contributed by atoms with Crippen LogP contribution in [0.5, 0.6) is 5.75 Å². The number of phenols is 1. The number of aliphatic hydroxyl groups is 1. The van der Waals surface area contributed by atoms with E-state index in [1.807, 2.05) is 0 Å². The Balaban J connectivity index is 2.78. The first kappa shape index (κ1) is 11.0. The summed E-state index contributed by atoms with van der Waals surface area (Å²) in [4.78, 5) is 21.5. The molecular formula is C9H9NO5. The van der Waals surface area contributed by atoms with Gasteiger partial charge in [-0.15, -0.1) is 0 Å². The Morgan fingerprint density at radius 3 is 2.40 bits per heavy atom. The maximum atomic E-state index is 11.3. The van der Waals surface area contributed by atoms with E-state index in [0.717, 1.165) is 0 Å². The maximum Gasteiger partial charge on any atom is 0.353 e. The molecule has 1 aromatic carbocycles. The summed E-state index contributed by atoms with van der Waals surface area (Å²) in [7, 11) is 0. The van der Waals surface area contributed by atoms with E-state index in [2.05, 4.69) is 0 Å². The topological polar surface area (TPSA) is 107 Å². The van der Waals surface area contributed by atoms with E-state index in [1.54, 1.807) is 5.32 Å². The lowest BCUT2D eigenvalue weighted by Gasteiger charge is -2.08. The molecule has 1 atom stereocenters. The van der Waals surface area contributed by atoms with Gasteiger partial charge in [0.05, 0.1) is 5.56 Å². The highest BCUT2D eigenvalue weighted by molar-refractivity contribution is 5.98. The van der Waals surface area contributed by atoms with Gasteiger partial charge in [-0.05, 0) is 12.1 Å². The Bertz CT molecular complexity index is 390. The molecule has 0 aliphatic carbocycles. The summed E-state index contributed by atoms with van der Waals surface area (Å²) in [6.45, 7) is 0. The normalized spacial score (nSPS) is 11.8. The number of aliphatic hydroxyl groups excluding tert-OH is 1. The van der Waals surface area contributed by atoms with Gasteiger partial charge in [0, 0.05) is 0 Å². The van der Waals surface area contributed by atoms with Crippen LogP contribution in [-0.2, 0) is 4.79 Å². The summed E-state index contributed by atoms with van der Waals surface area (Å²) in [5.41, 5.74) is -0.0993. The van der Waals surface area contributed by atoms with E-state index < -0.39 is 18.1 Å². The summed E-state index contributed by atoms with van der Waals surface area (Å²) >= 11 is 0. The number of carbonyl (C=O) groups is 2. The average Bonchev–Trinajstić information content (AvgIpc) is 2.18. The van der Waals surface area contributed by atoms with Crippen LogP contribution in [0, 0.1) is 0 Å². The molecule has 15 heavy (non-hydrogen) atoms. The molecule has 0 heterocycles. The molecule has 0 aromatic heterocycles. The van der Waals surface area contributed by atoms with Gasteiger partial charge in [-0.3, -0.25) is 4.79 Å². The Labute approximate surface area is 84.8 Å². The minimum absolute atomic E-state index is 0.0993. The first-order valence-corrected chi connectivity index (χ1v) is 4.02. The molecule has 1 unspecified atom stereocenters. The fourth-order valence-corrected chi connectivity index (χ4v) is 0.929. The predicted molar refractivity (Wildman–Crippen MR) is 49.2 cm³/mol. The lowest BCUT2D eigenvalue weighted by atomic mass is 10.2. The summed E-state index contributed by atoms with van der Waals surface area (Å²) in [6.07, 6.45) is -1.99. The van der Waals surface area contributed by atoms with Crippen LogP contribution in [0.1, 0.15) is 10.4 Å². The van der Waals surface area contributed by atoms with Crippen molar-refractivity contribution in [2.45, 2.75) is 6.23 Å². The SMILES string of the molecule is O=C(NC(O)C(=O)O)c1ccccc1O. The van der Waals surface area contributed by atoms with Gasteiger partial charge in [0.1, 0.15) is 5.75 Å². The first-order valence-electron chi connectivity index (χ1n) is 4.02. The molecule has 1 aromatic rings. The number of carboxylic acid groups (broad SMARTS) is 1. The minimum atomic E-state index is -1.99. The predicted octanol–water partition coefficient (Wildman–Crippen LogP) is -0.475. The second-order valence-electron chi connectivity index (χ2n) is 2.73. The fraction of sp³-hybridized carbons (Fsp3) is 0.111. The van der Waals surface area contributed by atoms with Gasteiger partial charge in [0.2, 0.25) is 6.23 Å². The third kappa shape index (κ3) is 2.68.